The summed E-state index contributed by atoms with van der Waals surface area (Å²) in [5, 5.41) is 9.46. The number of carbonyl (C=O) groups excluding carboxylic acids is 1. The lowest BCUT2D eigenvalue weighted by Crippen LogP contribution is -2.29. The van der Waals surface area contributed by atoms with Gasteiger partial charge in [0.05, 0.1) is 22.9 Å². The molecule has 0 aliphatic rings. The molecule has 2 aromatic heterocycles. The van der Waals surface area contributed by atoms with Gasteiger partial charge in [0.25, 0.3) is 0 Å². The SMILES string of the molecule is CN(C)S(=O)(=O)Nc1cccc(C(=O)c2c[nH]c3ncc(-c4ccc(C#N)cc4)cc23)c1F. The third-order valence-corrected chi connectivity index (χ3v) is 6.53. The van der Waals surface area contributed by atoms with Crippen LogP contribution in [-0.2, 0) is 10.2 Å². The maximum Gasteiger partial charge on any atom is 0.301 e. The topological polar surface area (TPSA) is 119 Å². The van der Waals surface area contributed by atoms with Gasteiger partial charge in [-0.1, -0.05) is 18.2 Å². The molecule has 0 spiro atoms. The number of aromatic amines is 1. The Morgan fingerprint density at radius 2 is 1.85 bits per heavy atom. The summed E-state index contributed by atoms with van der Waals surface area (Å²) in [5.41, 5.74) is 2.07. The molecule has 0 unspecified atom stereocenters. The molecule has 10 heteroatoms. The lowest BCUT2D eigenvalue weighted by Gasteiger charge is -2.14. The van der Waals surface area contributed by atoms with E-state index in [2.05, 4.69) is 20.8 Å². The average molecular weight is 463 g/mol. The number of nitrogens with one attached hydrogen (secondary N) is 2. The first-order valence-corrected chi connectivity index (χ1v) is 11.2. The molecule has 2 N–H and O–H groups in total. The van der Waals surface area contributed by atoms with Gasteiger partial charge in [0.2, 0.25) is 0 Å². The molecule has 8 nitrogen and oxygen atoms in total. The van der Waals surface area contributed by atoms with Crippen LogP contribution in [0.3, 0.4) is 0 Å². The highest BCUT2D eigenvalue weighted by Crippen LogP contribution is 2.28. The first-order chi connectivity index (χ1) is 15.7. The third-order valence-electron chi connectivity index (χ3n) is 5.09. The minimum atomic E-state index is -3.95. The Balaban J connectivity index is 1.74. The number of aromatic nitrogens is 2. The predicted molar refractivity (Wildman–Crippen MR) is 122 cm³/mol. The van der Waals surface area contributed by atoms with Crippen LogP contribution in [0.25, 0.3) is 22.2 Å². The quantitative estimate of drug-likeness (QED) is 0.423. The van der Waals surface area contributed by atoms with Crippen LogP contribution in [0.4, 0.5) is 10.1 Å². The number of hydrogen-bond acceptors (Lipinski definition) is 5. The van der Waals surface area contributed by atoms with Crippen LogP contribution in [0, 0.1) is 17.1 Å². The number of carbonyl (C=O) groups is 1. The lowest BCUT2D eigenvalue weighted by molar-refractivity contribution is 0.103. The summed E-state index contributed by atoms with van der Waals surface area (Å²) in [6, 6.07) is 14.7. The molecule has 4 aromatic rings. The summed E-state index contributed by atoms with van der Waals surface area (Å²) in [6.45, 7) is 0. The number of hydrogen-bond donors (Lipinski definition) is 2. The normalized spacial score (nSPS) is 11.5. The number of halogens is 1. The number of nitriles is 1. The van der Waals surface area contributed by atoms with Crippen molar-refractivity contribution in [2.75, 3.05) is 18.8 Å². The van der Waals surface area contributed by atoms with E-state index in [0.29, 0.717) is 22.2 Å². The molecule has 2 heterocycles. The van der Waals surface area contributed by atoms with Crippen molar-refractivity contribution in [1.29, 1.82) is 5.26 Å². The van der Waals surface area contributed by atoms with Crippen molar-refractivity contribution in [3.05, 3.63) is 83.4 Å². The van der Waals surface area contributed by atoms with Gasteiger partial charge in [-0.2, -0.15) is 18.0 Å². The van der Waals surface area contributed by atoms with E-state index in [1.165, 1.54) is 38.5 Å². The molecule has 0 fully saturated rings. The van der Waals surface area contributed by atoms with E-state index in [1.54, 1.807) is 36.5 Å². The highest BCUT2D eigenvalue weighted by molar-refractivity contribution is 7.90. The predicted octanol–water partition coefficient (Wildman–Crippen LogP) is 3.69. The van der Waals surface area contributed by atoms with Crippen LogP contribution in [0.5, 0.6) is 0 Å². The zero-order chi connectivity index (χ0) is 23.8. The molecule has 4 rings (SSSR count). The Bertz CT molecular complexity index is 1520. The fourth-order valence-corrected chi connectivity index (χ4v) is 3.87. The number of nitrogens with zero attached hydrogens (tertiary/aromatic N) is 3. The number of rotatable bonds is 6. The van der Waals surface area contributed by atoms with Gasteiger partial charge in [0.1, 0.15) is 5.65 Å². The van der Waals surface area contributed by atoms with Gasteiger partial charge in [0, 0.05) is 43.0 Å². The summed E-state index contributed by atoms with van der Waals surface area (Å²) >= 11 is 0. The molecule has 0 radical (unpaired) electrons. The summed E-state index contributed by atoms with van der Waals surface area (Å²) in [6.07, 6.45) is 3.07. The monoisotopic (exact) mass is 463 g/mol. The van der Waals surface area contributed by atoms with E-state index in [-0.39, 0.29) is 16.8 Å². The minimum absolute atomic E-state index is 0.194. The van der Waals surface area contributed by atoms with E-state index in [1.807, 2.05) is 0 Å². The van der Waals surface area contributed by atoms with Crippen molar-refractivity contribution in [2.24, 2.45) is 0 Å². The Morgan fingerprint density at radius 3 is 2.52 bits per heavy atom. The summed E-state index contributed by atoms with van der Waals surface area (Å²) in [5.74, 6) is -1.60. The number of benzene rings is 2. The van der Waals surface area contributed by atoms with Crippen LogP contribution < -0.4 is 4.72 Å². The number of H-pyrrole nitrogens is 1. The van der Waals surface area contributed by atoms with Crippen LogP contribution in [0.15, 0.2) is 60.9 Å². The first-order valence-electron chi connectivity index (χ1n) is 9.72. The van der Waals surface area contributed by atoms with E-state index in [0.717, 1.165) is 9.87 Å². The van der Waals surface area contributed by atoms with E-state index >= 15 is 4.39 Å². The van der Waals surface area contributed by atoms with Crippen molar-refractivity contribution in [1.82, 2.24) is 14.3 Å². The fraction of sp³-hybridized carbons (Fsp3) is 0.0870. The van der Waals surface area contributed by atoms with Crippen molar-refractivity contribution in [2.45, 2.75) is 0 Å². The Hall–Kier alpha value is -4.07. The number of fused-ring (bicyclic) bond motifs is 1. The summed E-state index contributed by atoms with van der Waals surface area (Å²) < 4.78 is 42.3. The highest BCUT2D eigenvalue weighted by atomic mass is 32.2. The van der Waals surface area contributed by atoms with Gasteiger partial charge in [0.15, 0.2) is 11.6 Å². The maximum absolute atomic E-state index is 15.1. The van der Waals surface area contributed by atoms with Crippen molar-refractivity contribution in [3.63, 3.8) is 0 Å². The zero-order valence-corrected chi connectivity index (χ0v) is 18.4. The van der Waals surface area contributed by atoms with E-state index < -0.39 is 21.8 Å². The molecule has 0 aliphatic carbocycles. The molecule has 2 aromatic carbocycles. The van der Waals surface area contributed by atoms with Gasteiger partial charge in [-0.05, 0) is 35.9 Å². The second-order valence-corrected chi connectivity index (χ2v) is 9.28. The second kappa shape index (κ2) is 8.46. The minimum Gasteiger partial charge on any atom is -0.345 e. The number of ketones is 1. The van der Waals surface area contributed by atoms with Gasteiger partial charge < -0.3 is 4.98 Å². The molecule has 33 heavy (non-hydrogen) atoms. The van der Waals surface area contributed by atoms with Crippen LogP contribution in [-0.4, -0.2) is 42.6 Å². The van der Waals surface area contributed by atoms with Crippen molar-refractivity contribution in [3.8, 4) is 17.2 Å². The van der Waals surface area contributed by atoms with Gasteiger partial charge in [-0.25, -0.2) is 9.37 Å². The summed E-state index contributed by atoms with van der Waals surface area (Å²) in [7, 11) is -1.34. The highest BCUT2D eigenvalue weighted by Gasteiger charge is 2.23. The van der Waals surface area contributed by atoms with Crippen LogP contribution in [0.2, 0.25) is 0 Å². The van der Waals surface area contributed by atoms with E-state index in [9.17, 15) is 13.2 Å². The Morgan fingerprint density at radius 1 is 1.12 bits per heavy atom. The smallest absolute Gasteiger partial charge is 0.301 e. The van der Waals surface area contributed by atoms with Gasteiger partial charge in [-0.3, -0.25) is 9.52 Å². The third kappa shape index (κ3) is 4.19. The number of anilines is 1. The lowest BCUT2D eigenvalue weighted by atomic mass is 10.00. The van der Waals surface area contributed by atoms with Crippen molar-refractivity contribution >= 4 is 32.7 Å². The standard InChI is InChI=1S/C23H18FN5O3S/c1-29(2)33(31,32)28-20-5-3-4-17(21(20)24)22(30)19-13-27-23-18(19)10-16(12-26-23)15-8-6-14(11-25)7-9-15/h3-10,12-13,28H,1-2H3,(H,26,27). The molecule has 0 amide bonds. The Kier molecular flexibility index (Phi) is 5.68. The first kappa shape index (κ1) is 22.1. The number of pyridine rings is 1. The van der Waals surface area contributed by atoms with Crippen LogP contribution >= 0.6 is 0 Å². The molecule has 0 atom stereocenters. The van der Waals surface area contributed by atoms with Crippen molar-refractivity contribution < 1.29 is 17.6 Å². The maximum atomic E-state index is 15.1. The Labute approximate surface area is 189 Å². The van der Waals surface area contributed by atoms with Gasteiger partial charge in [-0.15, -0.1) is 0 Å². The molecule has 166 valence electrons. The van der Waals surface area contributed by atoms with Crippen LogP contribution in [0.1, 0.15) is 21.5 Å². The molecule has 0 saturated heterocycles. The van der Waals surface area contributed by atoms with E-state index in [4.69, 9.17) is 5.26 Å². The van der Waals surface area contributed by atoms with Gasteiger partial charge >= 0.3 is 10.2 Å². The molecule has 0 aliphatic heterocycles. The molecule has 0 bridgehead atoms. The summed E-state index contributed by atoms with van der Waals surface area (Å²) in [4.78, 5) is 20.5. The fourth-order valence-electron chi connectivity index (χ4n) is 3.25. The molecule has 0 saturated carbocycles. The largest absolute Gasteiger partial charge is 0.345 e. The second-order valence-electron chi connectivity index (χ2n) is 7.40. The zero-order valence-electron chi connectivity index (χ0n) is 17.6. The molecular weight excluding hydrogens is 445 g/mol. The molecular formula is C23H18FN5O3S. The average Bonchev–Trinajstić information content (AvgIpc) is 3.23.